The van der Waals surface area contributed by atoms with E-state index < -0.39 is 0 Å². The second kappa shape index (κ2) is 7.80. The van der Waals surface area contributed by atoms with Gasteiger partial charge in [0.2, 0.25) is 0 Å². The molecule has 2 aromatic carbocycles. The van der Waals surface area contributed by atoms with Crippen molar-refractivity contribution in [3.8, 4) is 0 Å². The molecule has 20 heavy (non-hydrogen) atoms. The van der Waals surface area contributed by atoms with E-state index in [0.717, 1.165) is 28.3 Å². The second-order valence-electron chi connectivity index (χ2n) is 5.40. The highest BCUT2D eigenvalue weighted by Gasteiger charge is 2.12. The Labute approximate surface area is 130 Å². The molecule has 0 aliphatic heterocycles. The van der Waals surface area contributed by atoms with Gasteiger partial charge in [-0.15, -0.1) is 0 Å². The molecule has 108 valence electrons. The maximum atomic E-state index is 10.5. The molecular weight excluding hydrogens is 312 g/mol. The molecule has 2 aromatic rings. The van der Waals surface area contributed by atoms with Crippen LogP contribution in [-0.4, -0.2) is 5.11 Å². The van der Waals surface area contributed by atoms with Gasteiger partial charge in [0.15, 0.2) is 0 Å². The van der Waals surface area contributed by atoms with Crippen molar-refractivity contribution in [2.75, 3.05) is 0 Å². The maximum Gasteiger partial charge on any atom is 0.0796 e. The lowest BCUT2D eigenvalue weighted by Gasteiger charge is -2.14. The van der Waals surface area contributed by atoms with Gasteiger partial charge in [0.05, 0.1) is 6.10 Å². The first-order chi connectivity index (χ1) is 9.74. The molecule has 2 heteroatoms. The molecule has 0 aliphatic rings. The van der Waals surface area contributed by atoms with Crippen molar-refractivity contribution in [3.05, 3.63) is 46.4 Å². The van der Waals surface area contributed by atoms with Crippen LogP contribution in [0.2, 0.25) is 0 Å². The lowest BCUT2D eigenvalue weighted by molar-refractivity contribution is 0.165. The average Bonchev–Trinajstić information content (AvgIpc) is 2.47. The predicted molar refractivity (Wildman–Crippen MR) is 90.0 cm³/mol. The Morgan fingerprint density at radius 2 is 1.65 bits per heavy atom. The fourth-order valence-corrected chi connectivity index (χ4v) is 3.15. The third-order valence-electron chi connectivity index (χ3n) is 3.84. The van der Waals surface area contributed by atoms with E-state index >= 15 is 0 Å². The van der Waals surface area contributed by atoms with Gasteiger partial charge in [-0.05, 0) is 28.8 Å². The Bertz CT molecular complexity index is 550. The molecule has 1 atom stereocenters. The summed E-state index contributed by atoms with van der Waals surface area (Å²) in [5, 5.41) is 12.8. The van der Waals surface area contributed by atoms with Gasteiger partial charge in [-0.3, -0.25) is 0 Å². The van der Waals surface area contributed by atoms with Crippen molar-refractivity contribution in [1.29, 1.82) is 0 Å². The minimum atomic E-state index is -0.352. The number of hydrogen-bond donors (Lipinski definition) is 1. The highest BCUT2D eigenvalue weighted by atomic mass is 79.9. The monoisotopic (exact) mass is 334 g/mol. The second-order valence-corrected chi connectivity index (χ2v) is 6.26. The standard InChI is InChI=1S/C18H23BrO/c1-2-3-4-5-6-11-18(20)16-12-13-17(19)15-10-8-7-9-14(15)16/h7-10,12-13,18,20H,2-6,11H2,1H3. The first-order valence-electron chi connectivity index (χ1n) is 7.59. The molecule has 1 unspecified atom stereocenters. The lowest BCUT2D eigenvalue weighted by atomic mass is 9.97. The van der Waals surface area contributed by atoms with Gasteiger partial charge in [-0.1, -0.05) is 85.3 Å². The number of benzene rings is 2. The number of halogens is 1. The summed E-state index contributed by atoms with van der Waals surface area (Å²) in [5.41, 5.74) is 1.05. The van der Waals surface area contributed by atoms with E-state index in [-0.39, 0.29) is 6.10 Å². The molecule has 0 saturated heterocycles. The molecule has 0 amide bonds. The zero-order valence-corrected chi connectivity index (χ0v) is 13.7. The van der Waals surface area contributed by atoms with Crippen LogP contribution < -0.4 is 0 Å². The number of hydrogen-bond acceptors (Lipinski definition) is 1. The third kappa shape index (κ3) is 3.83. The van der Waals surface area contributed by atoms with Crippen LogP contribution in [-0.2, 0) is 0 Å². The van der Waals surface area contributed by atoms with Gasteiger partial charge >= 0.3 is 0 Å². The quantitative estimate of drug-likeness (QED) is 0.616. The predicted octanol–water partition coefficient (Wildman–Crippen LogP) is 6.00. The molecule has 1 N–H and O–H groups in total. The topological polar surface area (TPSA) is 20.2 Å². The number of unbranched alkanes of at least 4 members (excludes halogenated alkanes) is 4. The Balaban J connectivity index is 2.06. The molecule has 0 heterocycles. The van der Waals surface area contributed by atoms with Crippen LogP contribution in [0.5, 0.6) is 0 Å². The molecule has 0 bridgehead atoms. The molecule has 2 rings (SSSR count). The largest absolute Gasteiger partial charge is 0.388 e. The van der Waals surface area contributed by atoms with Crippen LogP contribution in [0.15, 0.2) is 40.9 Å². The van der Waals surface area contributed by atoms with E-state index in [4.69, 9.17) is 0 Å². The SMILES string of the molecule is CCCCCCCC(O)c1ccc(Br)c2ccccc12. The molecule has 0 spiro atoms. The summed E-state index contributed by atoms with van der Waals surface area (Å²) in [5.74, 6) is 0. The van der Waals surface area contributed by atoms with Crippen LogP contribution in [0.25, 0.3) is 10.8 Å². The highest BCUT2D eigenvalue weighted by Crippen LogP contribution is 2.32. The average molecular weight is 335 g/mol. The van der Waals surface area contributed by atoms with E-state index in [1.54, 1.807) is 0 Å². The Kier molecular flexibility index (Phi) is 6.06. The van der Waals surface area contributed by atoms with Crippen LogP contribution in [0.1, 0.15) is 57.1 Å². The zero-order valence-electron chi connectivity index (χ0n) is 12.1. The van der Waals surface area contributed by atoms with Gasteiger partial charge in [0.1, 0.15) is 0 Å². The van der Waals surface area contributed by atoms with Crippen molar-refractivity contribution < 1.29 is 5.11 Å². The van der Waals surface area contributed by atoms with E-state index in [1.807, 2.05) is 24.3 Å². The fourth-order valence-electron chi connectivity index (χ4n) is 2.67. The van der Waals surface area contributed by atoms with E-state index in [0.29, 0.717) is 0 Å². The molecule has 0 radical (unpaired) electrons. The summed E-state index contributed by atoms with van der Waals surface area (Å²) < 4.78 is 1.09. The molecular formula is C18H23BrO. The van der Waals surface area contributed by atoms with E-state index in [1.165, 1.54) is 31.1 Å². The summed E-state index contributed by atoms with van der Waals surface area (Å²) in [4.78, 5) is 0. The third-order valence-corrected chi connectivity index (χ3v) is 4.54. The zero-order chi connectivity index (χ0) is 14.4. The number of aliphatic hydroxyl groups is 1. The first-order valence-corrected chi connectivity index (χ1v) is 8.38. The summed E-state index contributed by atoms with van der Waals surface area (Å²) in [6.45, 7) is 2.23. The van der Waals surface area contributed by atoms with Gasteiger partial charge in [0, 0.05) is 4.47 Å². The summed E-state index contributed by atoms with van der Waals surface area (Å²) in [6, 6.07) is 12.3. The maximum absolute atomic E-state index is 10.5. The van der Waals surface area contributed by atoms with Crippen LogP contribution in [0.4, 0.5) is 0 Å². The smallest absolute Gasteiger partial charge is 0.0796 e. The minimum Gasteiger partial charge on any atom is -0.388 e. The van der Waals surface area contributed by atoms with Gasteiger partial charge in [-0.25, -0.2) is 0 Å². The summed E-state index contributed by atoms with van der Waals surface area (Å²) in [7, 11) is 0. The van der Waals surface area contributed by atoms with Crippen molar-refractivity contribution >= 4 is 26.7 Å². The lowest BCUT2D eigenvalue weighted by Crippen LogP contribution is -1.99. The van der Waals surface area contributed by atoms with Crippen LogP contribution in [0, 0.1) is 0 Å². The number of rotatable bonds is 7. The Morgan fingerprint density at radius 1 is 0.950 bits per heavy atom. The minimum absolute atomic E-state index is 0.352. The molecule has 0 saturated carbocycles. The Hall–Kier alpha value is -0.860. The number of aliphatic hydroxyl groups excluding tert-OH is 1. The summed E-state index contributed by atoms with van der Waals surface area (Å²) >= 11 is 3.58. The first kappa shape index (κ1) is 15.5. The van der Waals surface area contributed by atoms with E-state index in [2.05, 4.69) is 35.0 Å². The normalized spacial score (nSPS) is 12.8. The highest BCUT2D eigenvalue weighted by molar-refractivity contribution is 9.10. The van der Waals surface area contributed by atoms with Gasteiger partial charge in [-0.2, -0.15) is 0 Å². The van der Waals surface area contributed by atoms with Gasteiger partial charge in [0.25, 0.3) is 0 Å². The van der Waals surface area contributed by atoms with Crippen molar-refractivity contribution in [2.24, 2.45) is 0 Å². The fraction of sp³-hybridized carbons (Fsp3) is 0.444. The van der Waals surface area contributed by atoms with Crippen molar-refractivity contribution in [3.63, 3.8) is 0 Å². The van der Waals surface area contributed by atoms with Crippen LogP contribution in [0.3, 0.4) is 0 Å². The Morgan fingerprint density at radius 3 is 2.40 bits per heavy atom. The van der Waals surface area contributed by atoms with Crippen molar-refractivity contribution in [2.45, 2.75) is 51.6 Å². The molecule has 1 nitrogen and oxygen atoms in total. The van der Waals surface area contributed by atoms with E-state index in [9.17, 15) is 5.11 Å². The number of fused-ring (bicyclic) bond motifs is 1. The molecule has 0 aliphatic carbocycles. The van der Waals surface area contributed by atoms with Crippen molar-refractivity contribution in [1.82, 2.24) is 0 Å². The van der Waals surface area contributed by atoms with Gasteiger partial charge < -0.3 is 5.11 Å². The molecule has 0 fully saturated rings. The summed E-state index contributed by atoms with van der Waals surface area (Å²) in [6.07, 6.45) is 6.68. The molecule has 0 aromatic heterocycles. The van der Waals surface area contributed by atoms with Crippen LogP contribution >= 0.6 is 15.9 Å².